The molecule has 0 saturated heterocycles. The molecule has 0 fully saturated rings. The molecule has 1 N–H and O–H groups in total. The van der Waals surface area contributed by atoms with Crippen LogP contribution in [0.5, 0.6) is 0 Å². The van der Waals surface area contributed by atoms with Gasteiger partial charge in [0.05, 0.1) is 26.9 Å². The fourth-order valence-corrected chi connectivity index (χ4v) is 4.04. The summed E-state index contributed by atoms with van der Waals surface area (Å²) in [5.74, 6) is -0.829. The second kappa shape index (κ2) is 9.15. The fourth-order valence-electron chi connectivity index (χ4n) is 2.72. The second-order valence-electron chi connectivity index (χ2n) is 6.39. The molecule has 0 spiro atoms. The highest BCUT2D eigenvalue weighted by molar-refractivity contribution is 8.00. The van der Waals surface area contributed by atoms with Gasteiger partial charge in [0.15, 0.2) is 5.16 Å². The Bertz CT molecular complexity index is 1140. The van der Waals surface area contributed by atoms with Gasteiger partial charge < -0.3 is 5.32 Å². The van der Waals surface area contributed by atoms with E-state index in [0.29, 0.717) is 33.3 Å². The van der Waals surface area contributed by atoms with Crippen molar-refractivity contribution in [1.82, 2.24) is 9.55 Å². The van der Waals surface area contributed by atoms with Crippen LogP contribution < -0.4 is 10.9 Å². The number of aromatic nitrogens is 2. The summed E-state index contributed by atoms with van der Waals surface area (Å²) >= 11 is 13.2. The molecule has 1 amide bonds. The van der Waals surface area contributed by atoms with Crippen molar-refractivity contribution in [2.24, 2.45) is 0 Å². The number of nitrogens with one attached hydrogen (secondary N) is 1. The van der Waals surface area contributed by atoms with Gasteiger partial charge in [0.25, 0.3) is 5.56 Å². The SMILES string of the molecule is CCCn1c(SC(C)C(=O)Nc2ccc(F)cc2Cl)nc2cc(Cl)ccc2c1=O. The highest BCUT2D eigenvalue weighted by Crippen LogP contribution is 2.27. The predicted molar refractivity (Wildman–Crippen MR) is 117 cm³/mol. The van der Waals surface area contributed by atoms with Crippen LogP contribution in [-0.2, 0) is 11.3 Å². The van der Waals surface area contributed by atoms with Crippen molar-refractivity contribution in [2.75, 3.05) is 5.32 Å². The van der Waals surface area contributed by atoms with Gasteiger partial charge >= 0.3 is 0 Å². The van der Waals surface area contributed by atoms with E-state index >= 15 is 0 Å². The Balaban J connectivity index is 1.90. The Kier molecular flexibility index (Phi) is 6.82. The first-order valence-corrected chi connectivity index (χ1v) is 10.6. The maximum Gasteiger partial charge on any atom is 0.262 e. The largest absolute Gasteiger partial charge is 0.324 e. The van der Waals surface area contributed by atoms with Crippen molar-refractivity contribution in [2.45, 2.75) is 37.2 Å². The number of thioether (sulfide) groups is 1. The summed E-state index contributed by atoms with van der Waals surface area (Å²) in [5, 5.41) is 3.58. The predicted octanol–water partition coefficient (Wildman–Crippen LogP) is 5.37. The zero-order valence-electron chi connectivity index (χ0n) is 15.7. The number of carbonyl (C=O) groups is 1. The normalized spacial score (nSPS) is 12.2. The summed E-state index contributed by atoms with van der Waals surface area (Å²) in [5.41, 5.74) is 0.617. The molecule has 1 aromatic heterocycles. The number of carbonyl (C=O) groups excluding carboxylic acids is 1. The average molecular weight is 454 g/mol. The van der Waals surface area contributed by atoms with Crippen molar-refractivity contribution >= 4 is 57.5 Å². The van der Waals surface area contributed by atoms with Crippen LogP contribution in [-0.4, -0.2) is 20.7 Å². The molecule has 9 heteroatoms. The van der Waals surface area contributed by atoms with Crippen LogP contribution in [0.3, 0.4) is 0 Å². The Hall–Kier alpha value is -2.09. The molecule has 1 unspecified atom stereocenters. The molecule has 3 aromatic rings. The van der Waals surface area contributed by atoms with E-state index in [1.807, 2.05) is 6.92 Å². The molecule has 3 rings (SSSR count). The number of amides is 1. The lowest BCUT2D eigenvalue weighted by molar-refractivity contribution is -0.115. The Morgan fingerprint density at radius 3 is 2.72 bits per heavy atom. The molecule has 1 atom stereocenters. The molecule has 0 aliphatic carbocycles. The number of hydrogen-bond acceptors (Lipinski definition) is 4. The van der Waals surface area contributed by atoms with E-state index in [2.05, 4.69) is 10.3 Å². The Labute approximate surface area is 181 Å². The number of rotatable bonds is 6. The zero-order chi connectivity index (χ0) is 21.1. The minimum Gasteiger partial charge on any atom is -0.324 e. The van der Waals surface area contributed by atoms with Crippen LogP contribution in [0.4, 0.5) is 10.1 Å². The number of halogens is 3. The monoisotopic (exact) mass is 453 g/mol. The third-order valence-corrected chi connectivity index (χ3v) is 5.81. The van der Waals surface area contributed by atoms with Crippen LogP contribution in [0.15, 0.2) is 46.3 Å². The van der Waals surface area contributed by atoms with E-state index in [-0.39, 0.29) is 16.5 Å². The van der Waals surface area contributed by atoms with Gasteiger partial charge in [0.1, 0.15) is 5.82 Å². The number of hydrogen-bond donors (Lipinski definition) is 1. The summed E-state index contributed by atoms with van der Waals surface area (Å²) in [4.78, 5) is 30.0. The standard InChI is InChI=1S/C20H18Cl2FN3O2S/c1-3-8-26-19(28)14-6-4-12(21)9-17(14)25-20(26)29-11(2)18(27)24-16-7-5-13(23)10-15(16)22/h4-7,9-11H,3,8H2,1-2H3,(H,24,27). The summed E-state index contributed by atoms with van der Waals surface area (Å²) in [6.07, 6.45) is 0.736. The van der Waals surface area contributed by atoms with Crippen molar-refractivity contribution in [3.8, 4) is 0 Å². The van der Waals surface area contributed by atoms with Crippen LogP contribution in [0.25, 0.3) is 10.9 Å². The fraction of sp³-hybridized carbons (Fsp3) is 0.250. The minimum absolute atomic E-state index is 0.108. The van der Waals surface area contributed by atoms with Crippen molar-refractivity contribution < 1.29 is 9.18 Å². The van der Waals surface area contributed by atoms with Gasteiger partial charge in [-0.05, 0) is 49.7 Å². The van der Waals surface area contributed by atoms with Gasteiger partial charge in [0.2, 0.25) is 5.91 Å². The minimum atomic E-state index is -0.581. The second-order valence-corrected chi connectivity index (χ2v) is 8.54. The van der Waals surface area contributed by atoms with Crippen LogP contribution in [0.2, 0.25) is 10.0 Å². The molecule has 1 heterocycles. The maximum absolute atomic E-state index is 13.2. The van der Waals surface area contributed by atoms with Crippen molar-refractivity contribution in [3.05, 3.63) is 62.6 Å². The maximum atomic E-state index is 13.2. The third kappa shape index (κ3) is 4.91. The Morgan fingerprint density at radius 1 is 1.28 bits per heavy atom. The number of benzene rings is 2. The lowest BCUT2D eigenvalue weighted by Gasteiger charge is -2.16. The molecule has 152 valence electrons. The van der Waals surface area contributed by atoms with Crippen molar-refractivity contribution in [3.63, 3.8) is 0 Å². The van der Waals surface area contributed by atoms with Crippen molar-refractivity contribution in [1.29, 1.82) is 0 Å². The molecule has 0 saturated carbocycles. The lowest BCUT2D eigenvalue weighted by atomic mass is 10.2. The average Bonchev–Trinajstić information content (AvgIpc) is 2.66. The number of fused-ring (bicyclic) bond motifs is 1. The molecule has 29 heavy (non-hydrogen) atoms. The smallest absolute Gasteiger partial charge is 0.262 e. The highest BCUT2D eigenvalue weighted by Gasteiger charge is 2.20. The van der Waals surface area contributed by atoms with Gasteiger partial charge in [-0.25, -0.2) is 9.37 Å². The van der Waals surface area contributed by atoms with E-state index in [0.717, 1.165) is 24.2 Å². The topological polar surface area (TPSA) is 64.0 Å². The first kappa shape index (κ1) is 21.6. The van der Waals surface area contributed by atoms with E-state index < -0.39 is 11.1 Å². The quantitative estimate of drug-likeness (QED) is 0.402. The molecule has 0 bridgehead atoms. The van der Waals surface area contributed by atoms with Gasteiger partial charge in [-0.15, -0.1) is 0 Å². The Morgan fingerprint density at radius 2 is 2.03 bits per heavy atom. The summed E-state index contributed by atoms with van der Waals surface area (Å²) in [7, 11) is 0. The van der Waals surface area contributed by atoms with E-state index in [1.165, 1.54) is 12.1 Å². The van der Waals surface area contributed by atoms with Crippen LogP contribution in [0, 0.1) is 5.82 Å². The number of anilines is 1. The molecular weight excluding hydrogens is 436 g/mol. The zero-order valence-corrected chi connectivity index (χ0v) is 18.0. The third-order valence-electron chi connectivity index (χ3n) is 4.17. The van der Waals surface area contributed by atoms with Gasteiger partial charge in [0, 0.05) is 11.6 Å². The van der Waals surface area contributed by atoms with E-state index in [1.54, 1.807) is 29.7 Å². The lowest BCUT2D eigenvalue weighted by Crippen LogP contribution is -2.27. The van der Waals surface area contributed by atoms with Gasteiger partial charge in [-0.1, -0.05) is 41.9 Å². The molecule has 0 aliphatic heterocycles. The molecular formula is C20H18Cl2FN3O2S. The van der Waals surface area contributed by atoms with Gasteiger partial charge in [-0.3, -0.25) is 14.2 Å². The first-order chi connectivity index (χ1) is 13.8. The molecule has 0 aliphatic rings. The van der Waals surface area contributed by atoms with Crippen LogP contribution in [0.1, 0.15) is 20.3 Å². The summed E-state index contributed by atoms with van der Waals surface area (Å²) in [6.45, 7) is 4.13. The molecule has 2 aromatic carbocycles. The van der Waals surface area contributed by atoms with Gasteiger partial charge in [-0.2, -0.15) is 0 Å². The molecule has 5 nitrogen and oxygen atoms in total. The van der Waals surface area contributed by atoms with Crippen LogP contribution >= 0.6 is 35.0 Å². The number of nitrogens with zero attached hydrogens (tertiary/aromatic N) is 2. The summed E-state index contributed by atoms with van der Waals surface area (Å²) < 4.78 is 14.8. The highest BCUT2D eigenvalue weighted by atomic mass is 35.5. The molecule has 0 radical (unpaired) electrons. The first-order valence-electron chi connectivity index (χ1n) is 8.92. The van der Waals surface area contributed by atoms with E-state index in [9.17, 15) is 14.0 Å². The van der Waals surface area contributed by atoms with E-state index in [4.69, 9.17) is 23.2 Å². The summed E-state index contributed by atoms with van der Waals surface area (Å²) in [6, 6.07) is 8.67.